The van der Waals surface area contributed by atoms with Crippen LogP contribution in [0.5, 0.6) is 0 Å². The van der Waals surface area contributed by atoms with Crippen molar-refractivity contribution in [2.24, 2.45) is 7.05 Å². The van der Waals surface area contributed by atoms with Gasteiger partial charge in [0.2, 0.25) is 0 Å². The highest BCUT2D eigenvalue weighted by atomic mass is 15.3. The van der Waals surface area contributed by atoms with Crippen molar-refractivity contribution in [2.75, 3.05) is 6.54 Å². The second-order valence-corrected chi connectivity index (χ2v) is 5.10. The van der Waals surface area contributed by atoms with Gasteiger partial charge < -0.3 is 5.32 Å². The Morgan fingerprint density at radius 2 is 2.20 bits per heavy atom. The fraction of sp³-hybridized carbons (Fsp3) is 0.500. The highest BCUT2D eigenvalue weighted by molar-refractivity contribution is 5.19. The lowest BCUT2D eigenvalue weighted by Gasteiger charge is -2.18. The van der Waals surface area contributed by atoms with Crippen LogP contribution in [0.3, 0.4) is 0 Å². The fourth-order valence-electron chi connectivity index (χ4n) is 2.35. The molecule has 0 saturated carbocycles. The number of pyridine rings is 1. The Kier molecular flexibility index (Phi) is 5.30. The van der Waals surface area contributed by atoms with Gasteiger partial charge >= 0.3 is 0 Å². The van der Waals surface area contributed by atoms with Gasteiger partial charge in [0, 0.05) is 37.6 Å². The van der Waals surface area contributed by atoms with Crippen LogP contribution in [0.15, 0.2) is 30.6 Å². The van der Waals surface area contributed by atoms with Crippen LogP contribution in [-0.4, -0.2) is 21.3 Å². The average molecular weight is 272 g/mol. The summed E-state index contributed by atoms with van der Waals surface area (Å²) in [6.45, 7) is 5.34. The van der Waals surface area contributed by atoms with Crippen LogP contribution in [0, 0.1) is 0 Å². The molecule has 108 valence electrons. The second-order valence-electron chi connectivity index (χ2n) is 5.10. The van der Waals surface area contributed by atoms with E-state index in [9.17, 15) is 0 Å². The maximum atomic E-state index is 4.53. The molecule has 0 saturated heterocycles. The Balaban J connectivity index is 2.16. The first kappa shape index (κ1) is 14.7. The summed E-state index contributed by atoms with van der Waals surface area (Å²) in [6.07, 6.45) is 6.81. The molecule has 2 rings (SSSR count). The zero-order valence-electron chi connectivity index (χ0n) is 12.6. The molecule has 0 aromatic carbocycles. The van der Waals surface area contributed by atoms with Crippen LogP contribution in [0.2, 0.25) is 0 Å². The van der Waals surface area contributed by atoms with E-state index in [0.29, 0.717) is 6.04 Å². The first-order chi connectivity index (χ1) is 9.74. The van der Waals surface area contributed by atoms with E-state index in [4.69, 9.17) is 0 Å². The van der Waals surface area contributed by atoms with E-state index in [1.165, 1.54) is 11.3 Å². The molecular weight excluding hydrogens is 248 g/mol. The molecular formula is C16H24N4. The standard InChI is InChI=1S/C16H24N4/c1-4-8-18-16(13-7-6-9-17-12-13)11-15-10-14(5-2)19-20(15)3/h6-7,9-10,12,16,18H,4-5,8,11H2,1-3H3. The van der Waals surface area contributed by atoms with Gasteiger partial charge in [-0.1, -0.05) is 19.9 Å². The number of hydrogen-bond acceptors (Lipinski definition) is 3. The molecule has 1 unspecified atom stereocenters. The van der Waals surface area contributed by atoms with E-state index < -0.39 is 0 Å². The van der Waals surface area contributed by atoms with Crippen LogP contribution < -0.4 is 5.32 Å². The number of aromatic nitrogens is 3. The third-order valence-electron chi connectivity index (χ3n) is 3.53. The van der Waals surface area contributed by atoms with Crippen molar-refractivity contribution in [3.63, 3.8) is 0 Å². The molecule has 2 heterocycles. The molecule has 1 N–H and O–H groups in total. The highest BCUT2D eigenvalue weighted by Gasteiger charge is 2.14. The molecule has 0 aliphatic heterocycles. The number of nitrogens with zero attached hydrogens (tertiary/aromatic N) is 3. The Bertz CT molecular complexity index is 519. The average Bonchev–Trinajstić information content (AvgIpc) is 2.84. The van der Waals surface area contributed by atoms with Gasteiger partial charge in [0.1, 0.15) is 0 Å². The Morgan fingerprint density at radius 1 is 1.35 bits per heavy atom. The smallest absolute Gasteiger partial charge is 0.0624 e. The van der Waals surface area contributed by atoms with Crippen molar-refractivity contribution in [3.05, 3.63) is 47.5 Å². The summed E-state index contributed by atoms with van der Waals surface area (Å²) in [5, 5.41) is 8.14. The zero-order valence-corrected chi connectivity index (χ0v) is 12.6. The molecule has 0 spiro atoms. The summed E-state index contributed by atoms with van der Waals surface area (Å²) >= 11 is 0. The predicted molar refractivity (Wildman–Crippen MR) is 81.6 cm³/mol. The molecule has 4 nitrogen and oxygen atoms in total. The summed E-state index contributed by atoms with van der Waals surface area (Å²) in [6, 6.07) is 6.63. The molecule has 0 amide bonds. The van der Waals surface area contributed by atoms with E-state index >= 15 is 0 Å². The predicted octanol–water partition coefficient (Wildman–Crippen LogP) is 2.66. The van der Waals surface area contributed by atoms with Crippen LogP contribution in [0.4, 0.5) is 0 Å². The Hall–Kier alpha value is -1.68. The van der Waals surface area contributed by atoms with Gasteiger partial charge in [-0.05, 0) is 37.1 Å². The second kappa shape index (κ2) is 7.20. The normalized spacial score (nSPS) is 12.6. The Labute approximate surface area is 121 Å². The molecule has 0 aliphatic rings. The zero-order chi connectivity index (χ0) is 14.4. The van der Waals surface area contributed by atoms with Gasteiger partial charge in [0.25, 0.3) is 0 Å². The van der Waals surface area contributed by atoms with Crippen LogP contribution >= 0.6 is 0 Å². The third-order valence-corrected chi connectivity index (χ3v) is 3.53. The fourth-order valence-corrected chi connectivity index (χ4v) is 2.35. The van der Waals surface area contributed by atoms with E-state index in [1.54, 1.807) is 0 Å². The van der Waals surface area contributed by atoms with Crippen LogP contribution in [-0.2, 0) is 19.9 Å². The van der Waals surface area contributed by atoms with Gasteiger partial charge in [0.15, 0.2) is 0 Å². The van der Waals surface area contributed by atoms with Crippen LogP contribution in [0.1, 0.15) is 43.3 Å². The van der Waals surface area contributed by atoms with Gasteiger partial charge in [-0.2, -0.15) is 5.10 Å². The van der Waals surface area contributed by atoms with Crippen LogP contribution in [0.25, 0.3) is 0 Å². The summed E-state index contributed by atoms with van der Waals surface area (Å²) in [7, 11) is 2.02. The first-order valence-electron chi connectivity index (χ1n) is 7.39. The quantitative estimate of drug-likeness (QED) is 0.842. The maximum Gasteiger partial charge on any atom is 0.0624 e. The summed E-state index contributed by atoms with van der Waals surface area (Å²) in [4.78, 5) is 4.24. The van der Waals surface area contributed by atoms with E-state index in [0.717, 1.165) is 31.5 Å². The monoisotopic (exact) mass is 272 g/mol. The van der Waals surface area contributed by atoms with Crippen molar-refractivity contribution in [1.82, 2.24) is 20.1 Å². The first-order valence-corrected chi connectivity index (χ1v) is 7.39. The van der Waals surface area contributed by atoms with E-state index in [2.05, 4.69) is 41.4 Å². The molecule has 0 bridgehead atoms. The van der Waals surface area contributed by atoms with Gasteiger partial charge in [-0.3, -0.25) is 9.67 Å². The molecule has 2 aromatic rings. The van der Waals surface area contributed by atoms with Crippen molar-refractivity contribution in [2.45, 2.75) is 39.2 Å². The maximum absolute atomic E-state index is 4.53. The van der Waals surface area contributed by atoms with E-state index in [1.807, 2.05) is 30.2 Å². The molecule has 4 heteroatoms. The molecule has 20 heavy (non-hydrogen) atoms. The van der Waals surface area contributed by atoms with Crippen molar-refractivity contribution in [3.8, 4) is 0 Å². The van der Waals surface area contributed by atoms with Gasteiger partial charge in [-0.15, -0.1) is 0 Å². The lowest BCUT2D eigenvalue weighted by atomic mass is 10.0. The minimum atomic E-state index is 0.295. The van der Waals surface area contributed by atoms with Gasteiger partial charge in [0.05, 0.1) is 5.69 Å². The van der Waals surface area contributed by atoms with Crippen molar-refractivity contribution >= 4 is 0 Å². The van der Waals surface area contributed by atoms with Crippen molar-refractivity contribution in [1.29, 1.82) is 0 Å². The lowest BCUT2D eigenvalue weighted by molar-refractivity contribution is 0.511. The number of nitrogens with one attached hydrogen (secondary N) is 1. The number of hydrogen-bond donors (Lipinski definition) is 1. The molecule has 1 atom stereocenters. The molecule has 2 aromatic heterocycles. The molecule has 0 fully saturated rings. The summed E-state index contributed by atoms with van der Waals surface area (Å²) < 4.78 is 2.00. The highest BCUT2D eigenvalue weighted by Crippen LogP contribution is 2.18. The topological polar surface area (TPSA) is 42.7 Å². The van der Waals surface area contributed by atoms with Crippen molar-refractivity contribution < 1.29 is 0 Å². The summed E-state index contributed by atoms with van der Waals surface area (Å²) in [5.74, 6) is 0. The minimum absolute atomic E-state index is 0.295. The largest absolute Gasteiger partial charge is 0.310 e. The lowest BCUT2D eigenvalue weighted by Crippen LogP contribution is -2.25. The third kappa shape index (κ3) is 3.67. The number of rotatable bonds is 7. The van der Waals surface area contributed by atoms with E-state index in [-0.39, 0.29) is 0 Å². The van der Waals surface area contributed by atoms with Gasteiger partial charge in [-0.25, -0.2) is 0 Å². The molecule has 0 aliphatic carbocycles. The SMILES string of the molecule is CCCNC(Cc1cc(CC)nn1C)c1cccnc1. The molecule has 0 radical (unpaired) electrons. The minimum Gasteiger partial charge on any atom is -0.310 e. The number of aryl methyl sites for hydroxylation is 2. The summed E-state index contributed by atoms with van der Waals surface area (Å²) in [5.41, 5.74) is 3.66. The Morgan fingerprint density at radius 3 is 2.80 bits per heavy atom.